The van der Waals surface area contributed by atoms with Crippen LogP contribution < -0.4 is 5.32 Å². The van der Waals surface area contributed by atoms with Gasteiger partial charge in [-0.1, -0.05) is 12.1 Å². The molecule has 2 aromatic rings. The highest BCUT2D eigenvalue weighted by atomic mass is 35.5. The highest BCUT2D eigenvalue weighted by Gasteiger charge is 2.33. The Bertz CT molecular complexity index is 771. The Kier molecular flexibility index (Phi) is 6.50. The number of benzene rings is 1. The van der Waals surface area contributed by atoms with E-state index in [0.717, 1.165) is 44.3 Å². The van der Waals surface area contributed by atoms with E-state index in [1.165, 1.54) is 6.07 Å². The van der Waals surface area contributed by atoms with Crippen molar-refractivity contribution in [2.24, 2.45) is 0 Å². The molecule has 2 aliphatic rings. The third kappa shape index (κ3) is 4.87. The first kappa shape index (κ1) is 19.8. The molecular formula is C20H26ClFN4O. The Hall–Kier alpha value is -1.92. The second kappa shape index (κ2) is 8.85. The zero-order valence-electron chi connectivity index (χ0n) is 15.3. The summed E-state index contributed by atoms with van der Waals surface area (Å²) in [5.74, 6) is -0.238. The van der Waals surface area contributed by atoms with Crippen molar-refractivity contribution in [1.29, 1.82) is 0 Å². The van der Waals surface area contributed by atoms with E-state index in [2.05, 4.69) is 10.4 Å². The Morgan fingerprint density at radius 2 is 2.15 bits per heavy atom. The maximum Gasteiger partial charge on any atom is 0.274 e. The fourth-order valence-electron chi connectivity index (χ4n) is 3.64. The first-order valence-corrected chi connectivity index (χ1v) is 9.52. The van der Waals surface area contributed by atoms with E-state index in [1.54, 1.807) is 12.1 Å². The summed E-state index contributed by atoms with van der Waals surface area (Å²) in [7, 11) is 0. The lowest BCUT2D eigenvalue weighted by molar-refractivity contribution is 0.0737. The summed E-state index contributed by atoms with van der Waals surface area (Å²) in [5.41, 5.74) is 1.43. The number of nitrogens with zero attached hydrogens (tertiary/aromatic N) is 3. The van der Waals surface area contributed by atoms with Gasteiger partial charge in [0, 0.05) is 25.3 Å². The molecule has 0 spiro atoms. The molecule has 1 saturated heterocycles. The van der Waals surface area contributed by atoms with Crippen LogP contribution in [0.4, 0.5) is 4.39 Å². The highest BCUT2D eigenvalue weighted by molar-refractivity contribution is 5.92. The number of carbonyl (C=O) groups is 1. The van der Waals surface area contributed by atoms with Gasteiger partial charge in [-0.3, -0.25) is 9.48 Å². The van der Waals surface area contributed by atoms with Gasteiger partial charge >= 0.3 is 0 Å². The van der Waals surface area contributed by atoms with E-state index >= 15 is 0 Å². The van der Waals surface area contributed by atoms with Crippen molar-refractivity contribution in [1.82, 2.24) is 20.0 Å². The monoisotopic (exact) mass is 392 g/mol. The molecule has 1 aromatic heterocycles. The average molecular weight is 393 g/mol. The van der Waals surface area contributed by atoms with Gasteiger partial charge < -0.3 is 10.2 Å². The third-order valence-corrected chi connectivity index (χ3v) is 5.25. The van der Waals surface area contributed by atoms with E-state index in [4.69, 9.17) is 0 Å². The standard InChI is InChI=1S/C20H25FN4O.ClH/c21-16-4-1-3-15(13-16)8-11-24(17-6-7-17)20(26)19-9-12-25(23-19)18-5-2-10-22-14-18;/h1,3-4,9,12-13,17-18,22H,2,5-8,10-11,14H2;1H. The van der Waals surface area contributed by atoms with Crippen molar-refractivity contribution in [3.63, 3.8) is 0 Å². The van der Waals surface area contributed by atoms with Gasteiger partial charge in [0.15, 0.2) is 0 Å². The zero-order valence-corrected chi connectivity index (χ0v) is 16.1. The number of rotatable bonds is 6. The van der Waals surface area contributed by atoms with Crippen LogP contribution >= 0.6 is 12.4 Å². The summed E-state index contributed by atoms with van der Waals surface area (Å²) in [6, 6.07) is 9.07. The van der Waals surface area contributed by atoms with E-state index in [0.29, 0.717) is 30.7 Å². The topological polar surface area (TPSA) is 50.2 Å². The molecule has 1 N–H and O–H groups in total. The van der Waals surface area contributed by atoms with Crippen LogP contribution in [-0.4, -0.2) is 46.3 Å². The molecule has 7 heteroatoms. The number of halogens is 2. The average Bonchev–Trinajstić information content (AvgIpc) is 3.37. The molecular weight excluding hydrogens is 367 g/mol. The second-order valence-corrected chi connectivity index (χ2v) is 7.29. The van der Waals surface area contributed by atoms with Crippen LogP contribution in [0.3, 0.4) is 0 Å². The van der Waals surface area contributed by atoms with Crippen LogP contribution in [0.25, 0.3) is 0 Å². The molecule has 146 valence electrons. The van der Waals surface area contributed by atoms with E-state index in [9.17, 15) is 9.18 Å². The van der Waals surface area contributed by atoms with Crippen LogP contribution in [0, 0.1) is 5.82 Å². The Balaban J connectivity index is 0.00000210. The number of nitrogens with one attached hydrogen (secondary N) is 1. The minimum Gasteiger partial charge on any atom is -0.334 e. The van der Waals surface area contributed by atoms with Crippen molar-refractivity contribution in [3.05, 3.63) is 53.6 Å². The summed E-state index contributed by atoms with van der Waals surface area (Å²) < 4.78 is 15.3. The van der Waals surface area contributed by atoms with E-state index < -0.39 is 0 Å². The molecule has 0 bridgehead atoms. The quantitative estimate of drug-likeness (QED) is 0.821. The summed E-state index contributed by atoms with van der Waals surface area (Å²) >= 11 is 0. The van der Waals surface area contributed by atoms with Crippen molar-refractivity contribution < 1.29 is 9.18 Å². The summed E-state index contributed by atoms with van der Waals surface area (Å²) in [6.45, 7) is 2.56. The number of hydrogen-bond donors (Lipinski definition) is 1. The van der Waals surface area contributed by atoms with Gasteiger partial charge in [0.05, 0.1) is 6.04 Å². The smallest absolute Gasteiger partial charge is 0.274 e. The molecule has 5 nitrogen and oxygen atoms in total. The largest absolute Gasteiger partial charge is 0.334 e. The van der Waals surface area contributed by atoms with Crippen LogP contribution in [-0.2, 0) is 6.42 Å². The summed E-state index contributed by atoms with van der Waals surface area (Å²) in [6.07, 6.45) is 6.89. The van der Waals surface area contributed by atoms with Crippen LogP contribution in [0.1, 0.15) is 47.8 Å². The molecule has 1 saturated carbocycles. The van der Waals surface area contributed by atoms with Gasteiger partial charge in [-0.2, -0.15) is 5.10 Å². The van der Waals surface area contributed by atoms with E-state index in [1.807, 2.05) is 27.9 Å². The van der Waals surface area contributed by atoms with Gasteiger partial charge in [0.25, 0.3) is 5.91 Å². The molecule has 2 heterocycles. The van der Waals surface area contributed by atoms with Crippen LogP contribution in [0.5, 0.6) is 0 Å². The minimum absolute atomic E-state index is 0. The lowest BCUT2D eigenvalue weighted by Crippen LogP contribution is -2.35. The molecule has 0 radical (unpaired) electrons. The summed E-state index contributed by atoms with van der Waals surface area (Å²) in [5, 5.41) is 7.94. The fourth-order valence-corrected chi connectivity index (χ4v) is 3.64. The Morgan fingerprint density at radius 1 is 1.30 bits per heavy atom. The van der Waals surface area contributed by atoms with Gasteiger partial charge in [0.1, 0.15) is 11.5 Å². The van der Waals surface area contributed by atoms with Crippen molar-refractivity contribution in [2.45, 2.75) is 44.2 Å². The predicted molar refractivity (Wildman–Crippen MR) is 105 cm³/mol. The molecule has 1 amide bonds. The van der Waals surface area contributed by atoms with Crippen LogP contribution in [0.15, 0.2) is 36.5 Å². The van der Waals surface area contributed by atoms with Crippen molar-refractivity contribution in [3.8, 4) is 0 Å². The third-order valence-electron chi connectivity index (χ3n) is 5.25. The predicted octanol–water partition coefficient (Wildman–Crippen LogP) is 3.22. The van der Waals surface area contributed by atoms with Gasteiger partial charge in [0.2, 0.25) is 0 Å². The highest BCUT2D eigenvalue weighted by Crippen LogP contribution is 2.28. The molecule has 1 aliphatic heterocycles. The van der Waals surface area contributed by atoms with Crippen LogP contribution in [0.2, 0.25) is 0 Å². The number of amides is 1. The molecule has 1 unspecified atom stereocenters. The minimum atomic E-state index is -0.230. The SMILES string of the molecule is Cl.O=C(c1ccn(C2CCCNC2)n1)N(CCc1cccc(F)c1)C1CC1. The normalized spacial score (nSPS) is 19.4. The molecule has 4 rings (SSSR count). The second-order valence-electron chi connectivity index (χ2n) is 7.29. The fraction of sp³-hybridized carbons (Fsp3) is 0.500. The zero-order chi connectivity index (χ0) is 17.9. The molecule has 1 atom stereocenters. The lowest BCUT2D eigenvalue weighted by Gasteiger charge is -2.23. The maximum atomic E-state index is 13.4. The number of piperidine rings is 1. The molecule has 1 aliphatic carbocycles. The first-order valence-electron chi connectivity index (χ1n) is 9.52. The van der Waals surface area contributed by atoms with Crippen molar-refractivity contribution >= 4 is 18.3 Å². The summed E-state index contributed by atoms with van der Waals surface area (Å²) in [4.78, 5) is 14.9. The molecule has 2 fully saturated rings. The Morgan fingerprint density at radius 3 is 2.85 bits per heavy atom. The molecule has 27 heavy (non-hydrogen) atoms. The number of hydrogen-bond acceptors (Lipinski definition) is 3. The van der Waals surface area contributed by atoms with Gasteiger partial charge in [-0.05, 0) is 62.4 Å². The van der Waals surface area contributed by atoms with Crippen molar-refractivity contribution in [2.75, 3.05) is 19.6 Å². The number of carbonyl (C=O) groups excluding carboxylic acids is 1. The lowest BCUT2D eigenvalue weighted by atomic mass is 10.1. The number of aromatic nitrogens is 2. The van der Waals surface area contributed by atoms with Gasteiger partial charge in [-0.25, -0.2) is 4.39 Å². The van der Waals surface area contributed by atoms with E-state index in [-0.39, 0.29) is 24.1 Å². The Labute approximate surface area is 165 Å². The van der Waals surface area contributed by atoms with Gasteiger partial charge in [-0.15, -0.1) is 12.4 Å². The maximum absolute atomic E-state index is 13.4. The first-order chi connectivity index (χ1) is 12.7. The molecule has 1 aromatic carbocycles.